The third-order valence-electron chi connectivity index (χ3n) is 1.69. The zero-order valence-electron chi connectivity index (χ0n) is 10.3. The van der Waals surface area contributed by atoms with Crippen LogP contribution in [0.2, 0.25) is 0 Å². The minimum absolute atomic E-state index is 0.258. The molecule has 0 aromatic heterocycles. The molecule has 0 saturated heterocycles. The van der Waals surface area contributed by atoms with E-state index in [0.717, 1.165) is 0 Å². The third kappa shape index (κ3) is 15.2. The summed E-state index contributed by atoms with van der Waals surface area (Å²) in [6.07, 6.45) is 0. The lowest BCUT2D eigenvalue weighted by atomic mass is 10.7. The molecule has 0 rings (SSSR count). The fourth-order valence-electron chi connectivity index (χ4n) is 0.926. The lowest BCUT2D eigenvalue weighted by molar-refractivity contribution is -0.142. The number of carbonyl (C=O) groups is 1. The Morgan fingerprint density at radius 2 is 1.17 bits per heavy atom. The number of aliphatic carboxylic acids is 1. The van der Waals surface area contributed by atoms with Crippen LogP contribution in [0.1, 0.15) is 0 Å². The van der Waals surface area contributed by atoms with Crippen LogP contribution >= 0.6 is 0 Å². The second kappa shape index (κ2) is 14.3. The second-order valence-electron chi connectivity index (χ2n) is 3.15. The van der Waals surface area contributed by atoms with Gasteiger partial charge < -0.3 is 28.9 Å². The van der Waals surface area contributed by atoms with Crippen molar-refractivity contribution in [2.45, 2.75) is 0 Å². The number of carboxylic acids is 1. The SMILES string of the molecule is NOCCOCCOCCOCCOCC(=O)O. The molecule has 3 N–H and O–H groups in total. The smallest absolute Gasteiger partial charge is 0.329 e. The number of carboxylic acid groups (broad SMARTS) is 1. The Bertz CT molecular complexity index is 191. The largest absolute Gasteiger partial charge is 0.480 e. The maximum absolute atomic E-state index is 10.1. The van der Waals surface area contributed by atoms with Crippen LogP contribution in [0.5, 0.6) is 0 Å². The summed E-state index contributed by atoms with van der Waals surface area (Å²) in [5.74, 6) is 3.82. The Morgan fingerprint density at radius 3 is 1.56 bits per heavy atom. The van der Waals surface area contributed by atoms with Gasteiger partial charge in [0.1, 0.15) is 6.61 Å². The number of ether oxygens (including phenoxy) is 4. The summed E-state index contributed by atoms with van der Waals surface area (Å²) in [4.78, 5) is 14.4. The van der Waals surface area contributed by atoms with Crippen molar-refractivity contribution in [3.63, 3.8) is 0 Å². The molecule has 0 spiro atoms. The Balaban J connectivity index is 2.92. The highest BCUT2D eigenvalue weighted by Gasteiger charge is 1.96. The number of hydrogen-bond donors (Lipinski definition) is 2. The van der Waals surface area contributed by atoms with Gasteiger partial charge in [0.05, 0.1) is 52.9 Å². The van der Waals surface area contributed by atoms with Crippen molar-refractivity contribution in [2.24, 2.45) is 5.90 Å². The molecule has 0 bridgehead atoms. The van der Waals surface area contributed by atoms with E-state index in [4.69, 9.17) is 30.0 Å². The molecule has 0 aliphatic rings. The Labute approximate surface area is 106 Å². The number of rotatable bonds is 14. The molecule has 0 atom stereocenters. The van der Waals surface area contributed by atoms with E-state index in [-0.39, 0.29) is 13.2 Å². The van der Waals surface area contributed by atoms with Crippen LogP contribution in [0.15, 0.2) is 0 Å². The molecule has 0 heterocycles. The van der Waals surface area contributed by atoms with Crippen molar-refractivity contribution in [2.75, 3.05) is 59.5 Å². The molecule has 8 heteroatoms. The minimum atomic E-state index is -0.988. The van der Waals surface area contributed by atoms with Crippen LogP contribution in [0.25, 0.3) is 0 Å². The molecule has 0 unspecified atom stereocenters. The van der Waals surface area contributed by atoms with Crippen LogP contribution in [0.4, 0.5) is 0 Å². The average molecular weight is 267 g/mol. The van der Waals surface area contributed by atoms with E-state index in [9.17, 15) is 4.79 Å². The number of hydrogen-bond acceptors (Lipinski definition) is 7. The van der Waals surface area contributed by atoms with E-state index in [1.54, 1.807) is 0 Å². The van der Waals surface area contributed by atoms with Crippen molar-refractivity contribution in [1.29, 1.82) is 0 Å². The van der Waals surface area contributed by atoms with Crippen molar-refractivity contribution in [1.82, 2.24) is 0 Å². The predicted molar refractivity (Wildman–Crippen MR) is 61.1 cm³/mol. The van der Waals surface area contributed by atoms with Gasteiger partial charge in [-0.15, -0.1) is 0 Å². The summed E-state index contributed by atoms with van der Waals surface area (Å²) in [6, 6.07) is 0. The maximum Gasteiger partial charge on any atom is 0.329 e. The molecule has 108 valence electrons. The van der Waals surface area contributed by atoms with Gasteiger partial charge in [-0.2, -0.15) is 0 Å². The fourth-order valence-corrected chi connectivity index (χ4v) is 0.926. The lowest BCUT2D eigenvalue weighted by Crippen LogP contribution is -2.15. The first-order valence-corrected chi connectivity index (χ1v) is 5.62. The van der Waals surface area contributed by atoms with Crippen molar-refractivity contribution >= 4 is 5.97 Å². The summed E-state index contributed by atoms with van der Waals surface area (Å²) in [5, 5.41) is 8.28. The van der Waals surface area contributed by atoms with Crippen molar-refractivity contribution < 1.29 is 33.7 Å². The molecular weight excluding hydrogens is 246 g/mol. The van der Waals surface area contributed by atoms with Gasteiger partial charge in [-0.25, -0.2) is 10.7 Å². The first-order chi connectivity index (χ1) is 8.77. The molecule has 0 aliphatic carbocycles. The van der Waals surface area contributed by atoms with Crippen LogP contribution in [0, 0.1) is 0 Å². The summed E-state index contributed by atoms with van der Waals surface area (Å²) in [6.45, 7) is 2.95. The van der Waals surface area contributed by atoms with Gasteiger partial charge in [-0.3, -0.25) is 0 Å². The molecule has 0 amide bonds. The molecule has 8 nitrogen and oxygen atoms in total. The monoisotopic (exact) mass is 267 g/mol. The van der Waals surface area contributed by atoms with Crippen LogP contribution < -0.4 is 5.90 Å². The van der Waals surface area contributed by atoms with Gasteiger partial charge in [0.15, 0.2) is 0 Å². The highest BCUT2D eigenvalue weighted by molar-refractivity contribution is 5.67. The fraction of sp³-hybridized carbons (Fsp3) is 0.900. The van der Waals surface area contributed by atoms with Crippen LogP contribution in [-0.4, -0.2) is 70.5 Å². The summed E-state index contributed by atoms with van der Waals surface area (Å²) in [7, 11) is 0. The van der Waals surface area contributed by atoms with E-state index in [2.05, 4.69) is 4.84 Å². The van der Waals surface area contributed by atoms with Gasteiger partial charge in [-0.1, -0.05) is 0 Å². The van der Waals surface area contributed by atoms with Gasteiger partial charge in [0.2, 0.25) is 0 Å². The molecule has 18 heavy (non-hydrogen) atoms. The molecule has 0 aromatic rings. The number of nitrogens with two attached hydrogens (primary N) is 1. The van der Waals surface area contributed by atoms with Gasteiger partial charge in [0.25, 0.3) is 0 Å². The Kier molecular flexibility index (Phi) is 13.7. The van der Waals surface area contributed by atoms with Crippen molar-refractivity contribution in [3.8, 4) is 0 Å². The zero-order valence-corrected chi connectivity index (χ0v) is 10.3. The zero-order chi connectivity index (χ0) is 13.5. The quantitative estimate of drug-likeness (QED) is 0.305. The van der Waals surface area contributed by atoms with Crippen LogP contribution in [-0.2, 0) is 28.6 Å². The molecule has 0 fully saturated rings. The first-order valence-electron chi connectivity index (χ1n) is 5.62. The predicted octanol–water partition coefficient (Wildman–Crippen LogP) is -0.972. The standard InChI is InChI=1S/C10H21NO7/c11-18-8-7-16-4-3-14-1-2-15-5-6-17-9-10(12)13/h1-9,11H2,(H,12,13). The molecule has 0 aliphatic heterocycles. The van der Waals surface area contributed by atoms with E-state index in [1.165, 1.54) is 0 Å². The van der Waals surface area contributed by atoms with E-state index in [1.807, 2.05) is 0 Å². The summed E-state index contributed by atoms with van der Waals surface area (Å²) >= 11 is 0. The average Bonchev–Trinajstić information content (AvgIpc) is 2.34. The van der Waals surface area contributed by atoms with Gasteiger partial charge >= 0.3 is 5.97 Å². The van der Waals surface area contributed by atoms with E-state index < -0.39 is 5.97 Å². The van der Waals surface area contributed by atoms with Gasteiger partial charge in [-0.05, 0) is 0 Å². The normalized spacial score (nSPS) is 10.7. The lowest BCUT2D eigenvalue weighted by Gasteiger charge is -2.06. The Morgan fingerprint density at radius 1 is 0.778 bits per heavy atom. The van der Waals surface area contributed by atoms with Crippen LogP contribution in [0.3, 0.4) is 0 Å². The molecule has 0 aromatic carbocycles. The van der Waals surface area contributed by atoms with Crippen molar-refractivity contribution in [3.05, 3.63) is 0 Å². The first kappa shape index (κ1) is 17.2. The second-order valence-corrected chi connectivity index (χ2v) is 3.15. The highest BCUT2D eigenvalue weighted by Crippen LogP contribution is 1.82. The van der Waals surface area contributed by atoms with E-state index >= 15 is 0 Å². The molecule has 0 saturated carbocycles. The molecule has 0 radical (unpaired) electrons. The third-order valence-corrected chi connectivity index (χ3v) is 1.69. The summed E-state index contributed by atoms with van der Waals surface area (Å²) in [5.41, 5.74) is 0. The topological polar surface area (TPSA) is 109 Å². The highest BCUT2D eigenvalue weighted by atomic mass is 16.6. The van der Waals surface area contributed by atoms with E-state index in [0.29, 0.717) is 46.2 Å². The maximum atomic E-state index is 10.1. The van der Waals surface area contributed by atoms with Gasteiger partial charge in [0, 0.05) is 0 Å². The summed E-state index contributed by atoms with van der Waals surface area (Å²) < 4.78 is 20.2. The minimum Gasteiger partial charge on any atom is -0.480 e. The molecular formula is C10H21NO7. The Hall–Kier alpha value is -0.770.